The van der Waals surface area contributed by atoms with Gasteiger partial charge in [-0.05, 0) is 25.0 Å². The summed E-state index contributed by atoms with van der Waals surface area (Å²) in [6, 6.07) is 14.2. The second-order valence-corrected chi connectivity index (χ2v) is 10.5. The molecule has 1 aromatic carbocycles. The molecule has 0 unspecified atom stereocenters. The SMILES string of the molecule is O=C(Nc1nc2cccc(-c3ccc(C[NH+]4CCS(=O)(=O)CC4)cc3)[n+]2[nH]1)C1CC1. The molecule has 1 amide bonds. The van der Waals surface area contributed by atoms with E-state index in [1.807, 2.05) is 22.7 Å². The summed E-state index contributed by atoms with van der Waals surface area (Å²) in [5, 5.41) is 6.04. The Bertz CT molecular complexity index is 1190. The van der Waals surface area contributed by atoms with Gasteiger partial charge in [0.05, 0.1) is 24.6 Å². The van der Waals surface area contributed by atoms with Gasteiger partial charge in [-0.15, -0.1) is 4.52 Å². The Labute approximate surface area is 174 Å². The van der Waals surface area contributed by atoms with Gasteiger partial charge in [0.15, 0.2) is 15.5 Å². The number of aromatic amines is 1. The fourth-order valence-corrected chi connectivity index (χ4v) is 5.28. The van der Waals surface area contributed by atoms with Crippen molar-refractivity contribution in [3.05, 3.63) is 48.0 Å². The van der Waals surface area contributed by atoms with Crippen LogP contribution in [0.5, 0.6) is 0 Å². The highest BCUT2D eigenvalue weighted by Crippen LogP contribution is 2.29. The second kappa shape index (κ2) is 7.48. The van der Waals surface area contributed by atoms with Crippen molar-refractivity contribution in [3.63, 3.8) is 0 Å². The van der Waals surface area contributed by atoms with Crippen molar-refractivity contribution in [3.8, 4) is 11.3 Å². The van der Waals surface area contributed by atoms with Crippen LogP contribution in [0.2, 0.25) is 0 Å². The summed E-state index contributed by atoms with van der Waals surface area (Å²) in [5.74, 6) is 1.15. The first kappa shape index (κ1) is 19.2. The van der Waals surface area contributed by atoms with E-state index in [1.165, 1.54) is 10.5 Å². The molecule has 9 heteroatoms. The Morgan fingerprint density at radius 2 is 1.87 bits per heavy atom. The second-order valence-electron chi connectivity index (χ2n) is 8.22. The normalized spacial score (nSPS) is 19.1. The molecule has 156 valence electrons. The maximum absolute atomic E-state index is 12.0. The third-order valence-corrected chi connectivity index (χ3v) is 7.49. The topological polar surface area (TPSA) is 100 Å². The molecular formula is C21H25N5O3S+2. The van der Waals surface area contributed by atoms with Crippen LogP contribution in [0.3, 0.4) is 0 Å². The number of rotatable bonds is 5. The fourth-order valence-electron chi connectivity index (χ4n) is 3.88. The minimum Gasteiger partial charge on any atom is -0.329 e. The van der Waals surface area contributed by atoms with E-state index < -0.39 is 9.84 Å². The van der Waals surface area contributed by atoms with Crippen LogP contribution in [0.25, 0.3) is 16.9 Å². The van der Waals surface area contributed by atoms with Gasteiger partial charge in [0.1, 0.15) is 6.54 Å². The number of nitrogens with one attached hydrogen (secondary N) is 3. The number of hydrogen-bond acceptors (Lipinski definition) is 4. The lowest BCUT2D eigenvalue weighted by atomic mass is 10.1. The lowest BCUT2D eigenvalue weighted by Gasteiger charge is -2.23. The monoisotopic (exact) mass is 427 g/mol. The molecule has 2 aromatic heterocycles. The van der Waals surface area contributed by atoms with E-state index in [9.17, 15) is 13.2 Å². The number of benzene rings is 1. The molecule has 3 heterocycles. The van der Waals surface area contributed by atoms with Gasteiger partial charge in [0.25, 0.3) is 0 Å². The lowest BCUT2D eigenvalue weighted by Crippen LogP contribution is -3.13. The zero-order valence-corrected chi connectivity index (χ0v) is 17.4. The number of carbonyl (C=O) groups is 1. The number of anilines is 1. The molecule has 1 saturated heterocycles. The molecule has 8 nitrogen and oxygen atoms in total. The van der Waals surface area contributed by atoms with Crippen molar-refractivity contribution in [2.75, 3.05) is 29.9 Å². The van der Waals surface area contributed by atoms with Crippen LogP contribution in [-0.4, -0.2) is 49.0 Å². The molecule has 3 aromatic rings. The smallest absolute Gasteiger partial charge is 0.329 e. The number of sulfone groups is 1. The van der Waals surface area contributed by atoms with Gasteiger partial charge < -0.3 is 4.90 Å². The zero-order valence-electron chi connectivity index (χ0n) is 16.6. The van der Waals surface area contributed by atoms with Gasteiger partial charge in [-0.25, -0.2) is 8.42 Å². The standard InChI is InChI=1S/C21H23N5O3S/c27-20(17-8-9-17)23-21-22-19-3-1-2-18(26(19)24-21)16-6-4-15(5-7-16)14-25-10-12-30(28,29)13-11-25/h1-7,17H,8-14H2,(H,23,24,27)/p+2. The molecule has 30 heavy (non-hydrogen) atoms. The average Bonchev–Trinajstić information content (AvgIpc) is 3.50. The van der Waals surface area contributed by atoms with Crippen LogP contribution in [0.15, 0.2) is 42.5 Å². The van der Waals surface area contributed by atoms with Gasteiger partial charge in [0, 0.05) is 28.1 Å². The maximum Gasteiger partial charge on any atom is 0.355 e. The summed E-state index contributed by atoms with van der Waals surface area (Å²) >= 11 is 0. The van der Waals surface area contributed by atoms with Gasteiger partial charge >= 0.3 is 11.6 Å². The molecule has 5 rings (SSSR count). The Hall–Kier alpha value is -2.78. The third kappa shape index (κ3) is 4.08. The van der Waals surface area contributed by atoms with Crippen molar-refractivity contribution in [2.45, 2.75) is 19.4 Å². The van der Waals surface area contributed by atoms with Crippen molar-refractivity contribution in [1.29, 1.82) is 0 Å². The van der Waals surface area contributed by atoms with Gasteiger partial charge in [-0.1, -0.05) is 24.3 Å². The first-order chi connectivity index (χ1) is 14.5. The minimum absolute atomic E-state index is 0.0218. The average molecular weight is 428 g/mol. The summed E-state index contributed by atoms with van der Waals surface area (Å²) < 4.78 is 25.1. The van der Waals surface area contributed by atoms with E-state index in [0.29, 0.717) is 19.0 Å². The Morgan fingerprint density at radius 1 is 1.13 bits per heavy atom. The van der Waals surface area contributed by atoms with Gasteiger partial charge in [-0.3, -0.25) is 10.1 Å². The van der Waals surface area contributed by atoms with Crippen LogP contribution in [0.1, 0.15) is 18.4 Å². The van der Waals surface area contributed by atoms with Crippen LogP contribution < -0.4 is 14.7 Å². The summed E-state index contributed by atoms with van der Waals surface area (Å²) in [4.78, 5) is 17.8. The van der Waals surface area contributed by atoms with Crippen molar-refractivity contribution < 1.29 is 22.6 Å². The maximum atomic E-state index is 12.0. The Balaban J connectivity index is 1.33. The highest BCUT2D eigenvalue weighted by Gasteiger charge is 2.31. The van der Waals surface area contributed by atoms with E-state index >= 15 is 0 Å². The first-order valence-electron chi connectivity index (χ1n) is 10.3. The molecule has 0 spiro atoms. The highest BCUT2D eigenvalue weighted by molar-refractivity contribution is 7.91. The fraction of sp³-hybridized carbons (Fsp3) is 0.381. The molecule has 3 N–H and O–H groups in total. The van der Waals surface area contributed by atoms with Gasteiger partial charge in [-0.2, -0.15) is 5.10 Å². The number of quaternary nitrogens is 1. The molecule has 0 atom stereocenters. The number of fused-ring (bicyclic) bond motifs is 1. The summed E-state index contributed by atoms with van der Waals surface area (Å²) in [6.45, 7) is 2.17. The lowest BCUT2D eigenvalue weighted by molar-refractivity contribution is -0.910. The van der Waals surface area contributed by atoms with Crippen LogP contribution in [0, 0.1) is 5.92 Å². The van der Waals surface area contributed by atoms with Gasteiger partial charge in [0.2, 0.25) is 5.91 Å². The van der Waals surface area contributed by atoms with E-state index in [2.05, 4.69) is 39.7 Å². The molecular weight excluding hydrogens is 402 g/mol. The number of amides is 1. The minimum atomic E-state index is -2.84. The Kier molecular flexibility index (Phi) is 4.79. The summed E-state index contributed by atoms with van der Waals surface area (Å²) in [7, 11) is -2.84. The predicted octanol–water partition coefficient (Wildman–Crippen LogP) is -0.0228. The van der Waals surface area contributed by atoms with Crippen molar-refractivity contribution in [2.24, 2.45) is 5.92 Å². The quantitative estimate of drug-likeness (QED) is 0.498. The number of nitrogens with zero attached hydrogens (tertiary/aromatic N) is 2. The molecule has 0 radical (unpaired) electrons. The van der Waals surface area contributed by atoms with Crippen LogP contribution >= 0.6 is 0 Å². The van der Waals surface area contributed by atoms with Crippen LogP contribution in [0.4, 0.5) is 5.95 Å². The number of aromatic nitrogens is 3. The highest BCUT2D eigenvalue weighted by atomic mass is 32.2. The molecule has 1 aliphatic carbocycles. The van der Waals surface area contributed by atoms with Crippen molar-refractivity contribution in [1.82, 2.24) is 10.1 Å². The Morgan fingerprint density at radius 3 is 2.57 bits per heavy atom. The summed E-state index contributed by atoms with van der Waals surface area (Å²) in [6.07, 6.45) is 1.90. The number of hydrogen-bond donors (Lipinski definition) is 3. The van der Waals surface area contributed by atoms with Crippen molar-refractivity contribution >= 4 is 27.3 Å². The third-order valence-electron chi connectivity index (χ3n) is 5.84. The number of carbonyl (C=O) groups excluding carboxylic acids is 1. The molecule has 0 bridgehead atoms. The zero-order chi connectivity index (χ0) is 20.7. The van der Waals surface area contributed by atoms with E-state index in [4.69, 9.17) is 0 Å². The predicted molar refractivity (Wildman–Crippen MR) is 112 cm³/mol. The largest absolute Gasteiger partial charge is 0.355 e. The number of pyridine rings is 1. The van der Waals surface area contributed by atoms with Crippen LogP contribution in [-0.2, 0) is 21.2 Å². The summed E-state index contributed by atoms with van der Waals surface area (Å²) in [5.41, 5.74) is 3.91. The molecule has 2 fully saturated rings. The molecule has 1 aliphatic heterocycles. The van der Waals surface area contributed by atoms with E-state index in [0.717, 1.165) is 36.3 Å². The first-order valence-corrected chi connectivity index (χ1v) is 12.1. The molecule has 2 aliphatic rings. The van der Waals surface area contributed by atoms with E-state index in [-0.39, 0.29) is 23.3 Å². The van der Waals surface area contributed by atoms with E-state index in [1.54, 1.807) is 0 Å². The molecule has 1 saturated carbocycles. The number of H-pyrrole nitrogens is 1.